The zero-order valence-corrected chi connectivity index (χ0v) is 17.3. The predicted octanol–water partition coefficient (Wildman–Crippen LogP) is 4.14. The van der Waals surface area contributed by atoms with E-state index in [1.54, 1.807) is 10.7 Å². The summed E-state index contributed by atoms with van der Waals surface area (Å²) >= 11 is 0. The van der Waals surface area contributed by atoms with E-state index >= 15 is 0 Å². The highest BCUT2D eigenvalue weighted by atomic mass is 19.3. The third-order valence-electron chi connectivity index (χ3n) is 6.68. The maximum atomic E-state index is 13.1. The van der Waals surface area contributed by atoms with Crippen LogP contribution in [0.4, 0.5) is 8.78 Å². The molecule has 2 fully saturated rings. The summed E-state index contributed by atoms with van der Waals surface area (Å²) in [6, 6.07) is 3.29. The highest BCUT2D eigenvalue weighted by molar-refractivity contribution is 6.02. The minimum absolute atomic E-state index is 0.318. The van der Waals surface area contributed by atoms with Crippen molar-refractivity contribution in [3.63, 3.8) is 0 Å². The van der Waals surface area contributed by atoms with Crippen LogP contribution >= 0.6 is 0 Å². The second-order valence-corrected chi connectivity index (χ2v) is 8.99. The number of carbonyl (C=O) groups excluding carboxylic acids is 1. The largest absolute Gasteiger partial charge is 0.349 e. The zero-order chi connectivity index (χ0) is 21.9. The van der Waals surface area contributed by atoms with Gasteiger partial charge in [-0.1, -0.05) is 19.3 Å². The maximum absolute atomic E-state index is 13.1. The van der Waals surface area contributed by atoms with E-state index in [2.05, 4.69) is 20.4 Å². The van der Waals surface area contributed by atoms with Crippen molar-refractivity contribution in [1.29, 1.82) is 0 Å². The molecule has 0 saturated heterocycles. The highest BCUT2D eigenvalue weighted by Gasteiger charge is 2.46. The molecule has 32 heavy (non-hydrogen) atoms. The second-order valence-electron chi connectivity index (χ2n) is 8.99. The zero-order valence-electron chi connectivity index (χ0n) is 17.3. The molecule has 2 N–H and O–H groups in total. The number of hydrogen-bond donors (Lipinski definition) is 2. The third-order valence-corrected chi connectivity index (χ3v) is 6.68. The molecule has 0 atom stereocenters. The number of alkyl halides is 2. The van der Waals surface area contributed by atoms with Crippen LogP contribution in [0.25, 0.3) is 27.7 Å². The third kappa shape index (κ3) is 3.32. The predicted molar refractivity (Wildman–Crippen MR) is 115 cm³/mol. The van der Waals surface area contributed by atoms with Crippen molar-refractivity contribution in [2.75, 3.05) is 0 Å². The summed E-state index contributed by atoms with van der Waals surface area (Å²) in [5, 5.41) is 7.83. The van der Waals surface area contributed by atoms with Crippen LogP contribution in [0.15, 0.2) is 36.9 Å². The number of H-pyrrole nitrogens is 1. The molecule has 1 amide bonds. The monoisotopic (exact) mass is 436 g/mol. The van der Waals surface area contributed by atoms with E-state index in [4.69, 9.17) is 4.98 Å². The van der Waals surface area contributed by atoms with E-state index in [1.807, 2.05) is 24.5 Å². The summed E-state index contributed by atoms with van der Waals surface area (Å²) in [6.45, 7) is 0. The normalized spacial score (nSPS) is 18.6. The molecular weight excluding hydrogens is 414 g/mol. The number of amides is 1. The Morgan fingerprint density at radius 1 is 1.28 bits per heavy atom. The van der Waals surface area contributed by atoms with Crippen molar-refractivity contribution < 1.29 is 13.6 Å². The van der Waals surface area contributed by atoms with Gasteiger partial charge in [-0.25, -0.2) is 23.3 Å². The average Bonchev–Trinajstić information content (AvgIpc) is 3.32. The van der Waals surface area contributed by atoms with Gasteiger partial charge in [-0.2, -0.15) is 5.10 Å². The number of rotatable bonds is 5. The second kappa shape index (κ2) is 7.08. The first-order valence-electron chi connectivity index (χ1n) is 10.9. The van der Waals surface area contributed by atoms with Crippen LogP contribution in [0.2, 0.25) is 0 Å². The number of nitrogens with one attached hydrogen (secondary N) is 2. The fraction of sp³-hybridized carbons (Fsp3) is 0.391. The highest BCUT2D eigenvalue weighted by Crippen LogP contribution is 2.37. The van der Waals surface area contributed by atoms with Gasteiger partial charge >= 0.3 is 0 Å². The number of pyridine rings is 1. The molecule has 164 valence electrons. The van der Waals surface area contributed by atoms with E-state index in [-0.39, 0.29) is 18.7 Å². The Morgan fingerprint density at radius 3 is 2.88 bits per heavy atom. The van der Waals surface area contributed by atoms with Crippen molar-refractivity contribution in [3.05, 3.63) is 48.3 Å². The van der Waals surface area contributed by atoms with Crippen LogP contribution in [-0.2, 0) is 6.42 Å². The first-order chi connectivity index (χ1) is 15.4. The van der Waals surface area contributed by atoms with Crippen LogP contribution in [0.5, 0.6) is 0 Å². The van der Waals surface area contributed by atoms with Gasteiger partial charge < -0.3 is 10.3 Å². The SMILES string of the molecule is O=C(NC1CC(F)(F)C1)c1cnn2ccc(-c3c[nH]c4nc(CC5CCC5)ncc34)cc12. The van der Waals surface area contributed by atoms with Gasteiger partial charge in [0.05, 0.1) is 17.3 Å². The van der Waals surface area contributed by atoms with Crippen molar-refractivity contribution in [2.45, 2.75) is 50.5 Å². The van der Waals surface area contributed by atoms with Crippen molar-refractivity contribution in [2.24, 2.45) is 5.92 Å². The number of carbonyl (C=O) groups is 1. The quantitative estimate of drug-likeness (QED) is 0.492. The minimum Gasteiger partial charge on any atom is -0.349 e. The van der Waals surface area contributed by atoms with Crippen LogP contribution in [-0.4, -0.2) is 42.4 Å². The van der Waals surface area contributed by atoms with Crippen molar-refractivity contribution >= 4 is 22.5 Å². The Morgan fingerprint density at radius 2 is 2.12 bits per heavy atom. The topological polar surface area (TPSA) is 88.0 Å². The Hall–Kier alpha value is -3.36. The summed E-state index contributed by atoms with van der Waals surface area (Å²) in [4.78, 5) is 25.2. The first kappa shape index (κ1) is 19.3. The van der Waals surface area contributed by atoms with E-state index in [0.717, 1.165) is 34.4 Å². The molecule has 4 aromatic rings. The Labute approximate surface area is 182 Å². The first-order valence-corrected chi connectivity index (χ1v) is 10.9. The van der Waals surface area contributed by atoms with E-state index < -0.39 is 12.0 Å². The Bertz CT molecular complexity index is 1330. The maximum Gasteiger partial charge on any atom is 0.255 e. The Balaban J connectivity index is 1.29. The van der Waals surface area contributed by atoms with Gasteiger partial charge in [-0.15, -0.1) is 0 Å². The Kier molecular flexibility index (Phi) is 4.28. The molecule has 0 bridgehead atoms. The van der Waals surface area contributed by atoms with Crippen LogP contribution in [0, 0.1) is 5.92 Å². The molecule has 4 heterocycles. The van der Waals surface area contributed by atoms with E-state index in [1.165, 1.54) is 25.5 Å². The van der Waals surface area contributed by atoms with Crippen molar-refractivity contribution in [3.8, 4) is 11.1 Å². The molecule has 9 heteroatoms. The van der Waals surface area contributed by atoms with E-state index in [0.29, 0.717) is 17.0 Å². The lowest BCUT2D eigenvalue weighted by molar-refractivity contribution is -0.0901. The number of halogens is 2. The summed E-state index contributed by atoms with van der Waals surface area (Å²) in [6.07, 6.45) is 11.1. The molecule has 0 spiro atoms. The molecule has 6 rings (SSSR count). The van der Waals surface area contributed by atoms with Crippen LogP contribution < -0.4 is 5.32 Å². The molecule has 0 aliphatic heterocycles. The van der Waals surface area contributed by atoms with Gasteiger partial charge in [0, 0.05) is 54.8 Å². The summed E-state index contributed by atoms with van der Waals surface area (Å²) in [7, 11) is 0. The molecule has 0 aromatic carbocycles. The lowest BCUT2D eigenvalue weighted by Crippen LogP contribution is -2.50. The van der Waals surface area contributed by atoms with Crippen LogP contribution in [0.1, 0.15) is 48.3 Å². The number of fused-ring (bicyclic) bond motifs is 2. The van der Waals surface area contributed by atoms with Crippen LogP contribution in [0.3, 0.4) is 0 Å². The van der Waals surface area contributed by atoms with Gasteiger partial charge in [0.25, 0.3) is 11.8 Å². The van der Waals surface area contributed by atoms with Gasteiger partial charge in [0.2, 0.25) is 0 Å². The van der Waals surface area contributed by atoms with E-state index in [9.17, 15) is 13.6 Å². The lowest BCUT2D eigenvalue weighted by atomic mass is 9.83. The molecule has 4 aromatic heterocycles. The number of aromatic nitrogens is 5. The molecule has 0 unspecified atom stereocenters. The summed E-state index contributed by atoms with van der Waals surface area (Å²) in [5.41, 5.74) is 3.60. The van der Waals surface area contributed by atoms with Crippen molar-refractivity contribution in [1.82, 2.24) is 29.9 Å². The fourth-order valence-electron chi connectivity index (χ4n) is 4.59. The lowest BCUT2D eigenvalue weighted by Gasteiger charge is -2.35. The summed E-state index contributed by atoms with van der Waals surface area (Å²) < 4.78 is 27.8. The molecular formula is C23H22F2N6O. The molecule has 7 nitrogen and oxygen atoms in total. The van der Waals surface area contributed by atoms with Gasteiger partial charge in [-0.3, -0.25) is 4.79 Å². The number of hydrogen-bond acceptors (Lipinski definition) is 4. The van der Waals surface area contributed by atoms with Gasteiger partial charge in [-0.05, 0) is 23.6 Å². The minimum atomic E-state index is -2.68. The smallest absolute Gasteiger partial charge is 0.255 e. The van der Waals surface area contributed by atoms with Gasteiger partial charge in [0.15, 0.2) is 0 Å². The number of aromatic amines is 1. The number of nitrogens with zero attached hydrogens (tertiary/aromatic N) is 4. The molecule has 0 radical (unpaired) electrons. The average molecular weight is 436 g/mol. The molecule has 2 saturated carbocycles. The standard InChI is InChI=1S/C23H22F2N6O/c24-23(25)8-15(9-23)29-22(32)18-12-28-31-5-4-14(7-19(18)31)16-10-27-21-17(16)11-26-20(30-21)6-13-2-1-3-13/h4-5,7,10-13,15H,1-3,6,8-9H2,(H,29,32)(H,26,27,30). The van der Waals surface area contributed by atoms with Gasteiger partial charge in [0.1, 0.15) is 11.5 Å². The fourth-order valence-corrected chi connectivity index (χ4v) is 4.59. The molecule has 2 aliphatic rings. The summed E-state index contributed by atoms with van der Waals surface area (Å²) in [5.74, 6) is -1.51. The molecule has 2 aliphatic carbocycles.